The van der Waals surface area contributed by atoms with Gasteiger partial charge >= 0.3 is 0 Å². The molecule has 0 aromatic heterocycles. The summed E-state index contributed by atoms with van der Waals surface area (Å²) in [5.41, 5.74) is 3.24. The van der Waals surface area contributed by atoms with Crippen LogP contribution in [0.1, 0.15) is 75.8 Å². The first kappa shape index (κ1) is 14.6. The van der Waals surface area contributed by atoms with Crippen LogP contribution in [0.5, 0.6) is 0 Å². The zero-order chi connectivity index (χ0) is 13.3. The van der Waals surface area contributed by atoms with Crippen LogP contribution in [-0.2, 0) is 12.8 Å². The van der Waals surface area contributed by atoms with Gasteiger partial charge in [0.1, 0.15) is 0 Å². The van der Waals surface area contributed by atoms with Gasteiger partial charge in [0.25, 0.3) is 0 Å². The number of hydrogen-bond donors (Lipinski definition) is 0. The zero-order valence-electron chi connectivity index (χ0n) is 12.7. The number of hydrogen-bond acceptors (Lipinski definition) is 0. The molecule has 0 radical (unpaired) electrons. The third kappa shape index (κ3) is 5.01. The van der Waals surface area contributed by atoms with E-state index in [9.17, 15) is 0 Å². The summed E-state index contributed by atoms with van der Waals surface area (Å²) in [6, 6.07) is 9.03. The smallest absolute Gasteiger partial charge is 0.0244 e. The van der Waals surface area contributed by atoms with Crippen molar-refractivity contribution in [2.45, 2.75) is 77.6 Å². The topological polar surface area (TPSA) is 0 Å². The Morgan fingerprint density at radius 1 is 0.789 bits per heavy atom. The van der Waals surface area contributed by atoms with Crippen LogP contribution in [0, 0.1) is 5.92 Å². The summed E-state index contributed by atoms with van der Waals surface area (Å²) in [7, 11) is 0. The highest BCUT2D eigenvalue weighted by atomic mass is 14.2. The summed E-state index contributed by atoms with van der Waals surface area (Å²) < 4.78 is 0. The second-order valence-corrected chi connectivity index (χ2v) is 6.31. The Balaban J connectivity index is 1.49. The molecule has 0 saturated heterocycles. The number of unbranched alkanes of at least 4 members (excludes halogenated alkanes) is 7. The van der Waals surface area contributed by atoms with Crippen molar-refractivity contribution in [3.8, 4) is 0 Å². The lowest BCUT2D eigenvalue weighted by molar-refractivity contribution is 0.467. The van der Waals surface area contributed by atoms with Crippen molar-refractivity contribution >= 4 is 0 Å². The Labute approximate surface area is 119 Å². The van der Waals surface area contributed by atoms with E-state index in [1.165, 1.54) is 70.6 Å². The van der Waals surface area contributed by atoms with Crippen molar-refractivity contribution in [2.24, 2.45) is 5.92 Å². The second kappa shape index (κ2) is 8.40. The summed E-state index contributed by atoms with van der Waals surface area (Å²) in [6.07, 6.45) is 15.7. The molecule has 0 heteroatoms. The Hall–Kier alpha value is -0.780. The molecule has 2 rings (SSSR count). The van der Waals surface area contributed by atoms with Gasteiger partial charge in [-0.2, -0.15) is 0 Å². The highest BCUT2D eigenvalue weighted by Gasteiger charge is 2.19. The Morgan fingerprint density at radius 2 is 1.32 bits per heavy atom. The fraction of sp³-hybridized carbons (Fsp3) is 0.684. The van der Waals surface area contributed by atoms with Crippen molar-refractivity contribution in [3.63, 3.8) is 0 Å². The molecule has 0 fully saturated rings. The van der Waals surface area contributed by atoms with Crippen LogP contribution in [0.25, 0.3) is 0 Å². The highest BCUT2D eigenvalue weighted by molar-refractivity contribution is 5.31. The molecular weight excluding hydrogens is 228 g/mol. The van der Waals surface area contributed by atoms with Gasteiger partial charge in [-0.3, -0.25) is 0 Å². The molecule has 106 valence electrons. The van der Waals surface area contributed by atoms with Crippen molar-refractivity contribution < 1.29 is 0 Å². The molecule has 1 aromatic rings. The van der Waals surface area contributed by atoms with Crippen LogP contribution in [0.15, 0.2) is 24.3 Å². The van der Waals surface area contributed by atoms with Gasteiger partial charge in [0, 0.05) is 0 Å². The van der Waals surface area contributed by atoms with E-state index in [0.29, 0.717) is 0 Å². The number of fused-ring (bicyclic) bond motifs is 1. The van der Waals surface area contributed by atoms with E-state index in [4.69, 9.17) is 0 Å². The third-order valence-electron chi connectivity index (χ3n) is 4.60. The van der Waals surface area contributed by atoms with Gasteiger partial charge in [0.15, 0.2) is 0 Å². The normalized spacial score (nSPS) is 14.8. The second-order valence-electron chi connectivity index (χ2n) is 6.31. The molecule has 1 aliphatic rings. The summed E-state index contributed by atoms with van der Waals surface area (Å²) in [4.78, 5) is 0. The van der Waals surface area contributed by atoms with E-state index in [0.717, 1.165) is 5.92 Å². The summed E-state index contributed by atoms with van der Waals surface area (Å²) in [5, 5.41) is 0. The maximum atomic E-state index is 2.32. The van der Waals surface area contributed by atoms with Crippen LogP contribution < -0.4 is 0 Å². The molecule has 0 spiro atoms. The molecule has 1 aliphatic carbocycles. The molecule has 0 bridgehead atoms. The first-order valence-corrected chi connectivity index (χ1v) is 8.47. The minimum Gasteiger partial charge on any atom is -0.0654 e. The molecule has 0 unspecified atom stereocenters. The first-order chi connectivity index (χ1) is 9.40. The monoisotopic (exact) mass is 258 g/mol. The molecule has 0 nitrogen and oxygen atoms in total. The van der Waals surface area contributed by atoms with Gasteiger partial charge in [-0.05, 0) is 36.3 Å². The quantitative estimate of drug-likeness (QED) is 0.481. The van der Waals surface area contributed by atoms with Gasteiger partial charge in [-0.15, -0.1) is 0 Å². The molecule has 0 N–H and O–H groups in total. The summed E-state index contributed by atoms with van der Waals surface area (Å²) in [6.45, 7) is 2.29. The van der Waals surface area contributed by atoms with Crippen LogP contribution >= 0.6 is 0 Å². The Kier molecular flexibility index (Phi) is 6.47. The fourth-order valence-electron chi connectivity index (χ4n) is 3.42. The maximum Gasteiger partial charge on any atom is -0.0244 e. The SMILES string of the molecule is CCCCCCCCCCC1Cc2ccccc2C1. The fourth-order valence-corrected chi connectivity index (χ4v) is 3.42. The molecule has 19 heavy (non-hydrogen) atoms. The molecule has 0 heterocycles. The Bertz CT molecular complexity index is 328. The van der Waals surface area contributed by atoms with E-state index >= 15 is 0 Å². The first-order valence-electron chi connectivity index (χ1n) is 8.47. The van der Waals surface area contributed by atoms with Gasteiger partial charge in [0.05, 0.1) is 0 Å². The minimum atomic E-state index is 0.942. The molecule has 0 aliphatic heterocycles. The minimum absolute atomic E-state index is 0.942. The van der Waals surface area contributed by atoms with Crippen molar-refractivity contribution in [2.75, 3.05) is 0 Å². The number of benzene rings is 1. The van der Waals surface area contributed by atoms with E-state index in [1.54, 1.807) is 11.1 Å². The molecule has 0 amide bonds. The van der Waals surface area contributed by atoms with Crippen molar-refractivity contribution in [1.29, 1.82) is 0 Å². The van der Waals surface area contributed by atoms with Crippen LogP contribution in [-0.4, -0.2) is 0 Å². The lowest BCUT2D eigenvalue weighted by atomic mass is 9.97. The molecule has 0 atom stereocenters. The standard InChI is InChI=1S/C19H30/c1-2-3-4-5-6-7-8-9-12-17-15-18-13-10-11-14-19(18)16-17/h10-11,13-14,17H,2-9,12,15-16H2,1H3. The summed E-state index contributed by atoms with van der Waals surface area (Å²) in [5.74, 6) is 0.942. The van der Waals surface area contributed by atoms with E-state index < -0.39 is 0 Å². The highest BCUT2D eigenvalue weighted by Crippen LogP contribution is 2.29. The van der Waals surface area contributed by atoms with Gasteiger partial charge in [-0.25, -0.2) is 0 Å². The van der Waals surface area contributed by atoms with Gasteiger partial charge in [0.2, 0.25) is 0 Å². The van der Waals surface area contributed by atoms with Gasteiger partial charge < -0.3 is 0 Å². The van der Waals surface area contributed by atoms with Crippen LogP contribution in [0.4, 0.5) is 0 Å². The summed E-state index contributed by atoms with van der Waals surface area (Å²) >= 11 is 0. The van der Waals surface area contributed by atoms with E-state index in [2.05, 4.69) is 31.2 Å². The van der Waals surface area contributed by atoms with Crippen molar-refractivity contribution in [3.05, 3.63) is 35.4 Å². The molecule has 0 saturated carbocycles. The van der Waals surface area contributed by atoms with Gasteiger partial charge in [-0.1, -0.05) is 82.6 Å². The molecular formula is C19H30. The Morgan fingerprint density at radius 3 is 1.89 bits per heavy atom. The van der Waals surface area contributed by atoms with Crippen LogP contribution in [0.2, 0.25) is 0 Å². The average Bonchev–Trinajstić information content (AvgIpc) is 2.84. The predicted molar refractivity (Wildman–Crippen MR) is 84.6 cm³/mol. The zero-order valence-corrected chi connectivity index (χ0v) is 12.7. The van der Waals surface area contributed by atoms with E-state index in [-0.39, 0.29) is 0 Å². The largest absolute Gasteiger partial charge is 0.0654 e. The number of rotatable bonds is 9. The van der Waals surface area contributed by atoms with Crippen LogP contribution in [0.3, 0.4) is 0 Å². The average molecular weight is 258 g/mol. The lowest BCUT2D eigenvalue weighted by Gasteiger charge is -2.08. The van der Waals surface area contributed by atoms with E-state index in [1.807, 2.05) is 0 Å². The predicted octanol–water partition coefficient (Wildman–Crippen LogP) is 5.93. The maximum absolute atomic E-state index is 2.32. The molecule has 1 aromatic carbocycles. The lowest BCUT2D eigenvalue weighted by Crippen LogP contribution is -1.99. The third-order valence-corrected chi connectivity index (χ3v) is 4.60. The van der Waals surface area contributed by atoms with Crippen molar-refractivity contribution in [1.82, 2.24) is 0 Å².